The minimum atomic E-state index is -0.524. The number of hydrogen-bond donors (Lipinski definition) is 1. The number of hydrogen-bond acceptors (Lipinski definition) is 2. The largest absolute Gasteiger partial charge is 0.389 e. The number of aliphatic hydroxyl groups is 1. The summed E-state index contributed by atoms with van der Waals surface area (Å²) in [4.78, 5) is 4.31. The van der Waals surface area contributed by atoms with Gasteiger partial charge in [0.2, 0.25) is 0 Å². The Morgan fingerprint density at radius 1 is 1.50 bits per heavy atom. The first-order chi connectivity index (χ1) is 7.59. The fourth-order valence-corrected chi connectivity index (χ4v) is 2.60. The second-order valence-electron chi connectivity index (χ2n) is 5.39. The molecule has 0 saturated heterocycles. The summed E-state index contributed by atoms with van der Waals surface area (Å²) >= 11 is 0. The summed E-state index contributed by atoms with van der Waals surface area (Å²) in [6.45, 7) is 2.28. The van der Waals surface area contributed by atoms with Crippen LogP contribution in [-0.2, 0) is 13.5 Å². The third-order valence-electron chi connectivity index (χ3n) is 3.85. The van der Waals surface area contributed by atoms with E-state index in [1.807, 2.05) is 17.8 Å². The monoisotopic (exact) mass is 222 g/mol. The normalized spacial score (nSPS) is 31.3. The molecule has 0 aromatic carbocycles. The van der Waals surface area contributed by atoms with Crippen molar-refractivity contribution < 1.29 is 5.11 Å². The van der Waals surface area contributed by atoms with Gasteiger partial charge in [-0.25, -0.2) is 4.98 Å². The van der Waals surface area contributed by atoms with Gasteiger partial charge < -0.3 is 9.67 Å². The van der Waals surface area contributed by atoms with Gasteiger partial charge in [-0.1, -0.05) is 19.8 Å². The fourth-order valence-electron chi connectivity index (χ4n) is 2.60. The number of aromatic nitrogens is 2. The van der Waals surface area contributed by atoms with Crippen LogP contribution in [0.5, 0.6) is 0 Å². The molecule has 90 valence electrons. The first-order valence-electron chi connectivity index (χ1n) is 6.28. The summed E-state index contributed by atoms with van der Waals surface area (Å²) in [5, 5.41) is 10.6. The van der Waals surface area contributed by atoms with E-state index in [0.717, 1.165) is 37.4 Å². The number of imidazole rings is 1. The molecule has 1 heterocycles. The molecule has 0 amide bonds. The second kappa shape index (κ2) is 4.58. The van der Waals surface area contributed by atoms with E-state index in [-0.39, 0.29) is 0 Å². The molecule has 1 aliphatic rings. The molecule has 0 bridgehead atoms. The van der Waals surface area contributed by atoms with Crippen LogP contribution in [0.4, 0.5) is 0 Å². The highest BCUT2D eigenvalue weighted by atomic mass is 16.3. The van der Waals surface area contributed by atoms with Gasteiger partial charge >= 0.3 is 0 Å². The first kappa shape index (κ1) is 11.6. The lowest BCUT2D eigenvalue weighted by atomic mass is 9.90. The molecule has 0 spiro atoms. The lowest BCUT2D eigenvalue weighted by molar-refractivity contribution is 0.0219. The molecule has 16 heavy (non-hydrogen) atoms. The van der Waals surface area contributed by atoms with E-state index in [0.29, 0.717) is 6.42 Å². The Morgan fingerprint density at radius 2 is 2.31 bits per heavy atom. The Kier molecular flexibility index (Phi) is 3.33. The summed E-state index contributed by atoms with van der Waals surface area (Å²) < 4.78 is 2.01. The Hall–Kier alpha value is -0.830. The molecule has 3 heteroatoms. The molecule has 3 nitrogen and oxygen atoms in total. The standard InChI is InChI=1S/C13H22N2O/c1-11-4-3-6-13(16,7-5-11)10-12-14-8-9-15(12)2/h8-9,11,16H,3-7,10H2,1-2H3. The van der Waals surface area contributed by atoms with Crippen molar-refractivity contribution in [1.82, 2.24) is 9.55 Å². The van der Waals surface area contributed by atoms with Gasteiger partial charge in [0.15, 0.2) is 0 Å². The van der Waals surface area contributed by atoms with E-state index >= 15 is 0 Å². The fraction of sp³-hybridized carbons (Fsp3) is 0.769. The van der Waals surface area contributed by atoms with Gasteiger partial charge in [-0.3, -0.25) is 0 Å². The van der Waals surface area contributed by atoms with Crippen molar-refractivity contribution in [2.75, 3.05) is 0 Å². The van der Waals surface area contributed by atoms with Gasteiger partial charge in [0.1, 0.15) is 5.82 Å². The van der Waals surface area contributed by atoms with E-state index < -0.39 is 5.60 Å². The highest BCUT2D eigenvalue weighted by Crippen LogP contribution is 2.32. The summed E-state index contributed by atoms with van der Waals surface area (Å²) in [6, 6.07) is 0. The van der Waals surface area contributed by atoms with Crippen molar-refractivity contribution in [1.29, 1.82) is 0 Å². The van der Waals surface area contributed by atoms with Gasteiger partial charge in [0, 0.05) is 25.9 Å². The van der Waals surface area contributed by atoms with Crippen LogP contribution in [0.1, 0.15) is 44.9 Å². The van der Waals surface area contributed by atoms with Crippen LogP contribution in [0.3, 0.4) is 0 Å². The van der Waals surface area contributed by atoms with Crippen LogP contribution in [0.25, 0.3) is 0 Å². The Bertz CT molecular complexity index is 347. The summed E-state index contributed by atoms with van der Waals surface area (Å²) in [7, 11) is 1.99. The number of nitrogens with zero attached hydrogens (tertiary/aromatic N) is 2. The molecule has 0 radical (unpaired) electrons. The molecule has 1 N–H and O–H groups in total. The van der Waals surface area contributed by atoms with Crippen molar-refractivity contribution in [3.63, 3.8) is 0 Å². The molecule has 1 aromatic rings. The van der Waals surface area contributed by atoms with Gasteiger partial charge in [-0.2, -0.15) is 0 Å². The molecule has 2 atom stereocenters. The smallest absolute Gasteiger partial charge is 0.111 e. The SMILES string of the molecule is CC1CCCC(O)(Cc2nccn2C)CC1. The van der Waals surface area contributed by atoms with Crippen molar-refractivity contribution in [3.8, 4) is 0 Å². The molecule has 0 aliphatic heterocycles. The molecule has 2 rings (SSSR count). The number of rotatable bonds is 2. The minimum Gasteiger partial charge on any atom is -0.389 e. The van der Waals surface area contributed by atoms with Gasteiger partial charge in [0.05, 0.1) is 5.60 Å². The van der Waals surface area contributed by atoms with Crippen LogP contribution in [-0.4, -0.2) is 20.3 Å². The third kappa shape index (κ3) is 2.64. The van der Waals surface area contributed by atoms with Crippen LogP contribution in [0, 0.1) is 5.92 Å². The third-order valence-corrected chi connectivity index (χ3v) is 3.85. The average Bonchev–Trinajstić information content (AvgIpc) is 2.53. The maximum absolute atomic E-state index is 10.6. The molecule has 2 unspecified atom stereocenters. The Morgan fingerprint density at radius 3 is 3.00 bits per heavy atom. The molecular formula is C13H22N2O. The van der Waals surface area contributed by atoms with Crippen molar-refractivity contribution >= 4 is 0 Å². The second-order valence-corrected chi connectivity index (χ2v) is 5.39. The lowest BCUT2D eigenvalue weighted by Gasteiger charge is -2.26. The summed E-state index contributed by atoms with van der Waals surface area (Å²) in [6.07, 6.45) is 9.82. The highest BCUT2D eigenvalue weighted by Gasteiger charge is 2.31. The zero-order valence-electron chi connectivity index (χ0n) is 10.3. The number of aryl methyl sites for hydroxylation is 1. The summed E-state index contributed by atoms with van der Waals surface area (Å²) in [5.41, 5.74) is -0.524. The molecule has 1 aromatic heterocycles. The molecule has 1 saturated carbocycles. The predicted molar refractivity (Wildman–Crippen MR) is 64.1 cm³/mol. The summed E-state index contributed by atoms with van der Waals surface area (Å²) in [5.74, 6) is 1.76. The Labute approximate surface area is 97.5 Å². The first-order valence-corrected chi connectivity index (χ1v) is 6.28. The van der Waals surface area contributed by atoms with E-state index in [2.05, 4.69) is 11.9 Å². The van der Waals surface area contributed by atoms with E-state index in [9.17, 15) is 5.11 Å². The Balaban J connectivity index is 2.04. The molecular weight excluding hydrogens is 200 g/mol. The van der Waals surface area contributed by atoms with Gasteiger partial charge in [-0.15, -0.1) is 0 Å². The highest BCUT2D eigenvalue weighted by molar-refractivity contribution is 4.98. The lowest BCUT2D eigenvalue weighted by Crippen LogP contribution is -2.31. The zero-order chi connectivity index (χ0) is 11.6. The van der Waals surface area contributed by atoms with E-state index in [1.54, 1.807) is 6.20 Å². The van der Waals surface area contributed by atoms with Crippen LogP contribution >= 0.6 is 0 Å². The van der Waals surface area contributed by atoms with Crippen molar-refractivity contribution in [2.45, 2.75) is 51.0 Å². The topological polar surface area (TPSA) is 38.1 Å². The van der Waals surface area contributed by atoms with Crippen LogP contribution in [0.15, 0.2) is 12.4 Å². The van der Waals surface area contributed by atoms with Crippen molar-refractivity contribution in [2.24, 2.45) is 13.0 Å². The molecule has 1 aliphatic carbocycles. The average molecular weight is 222 g/mol. The minimum absolute atomic E-state index is 0.524. The molecule has 1 fully saturated rings. The maximum Gasteiger partial charge on any atom is 0.111 e. The predicted octanol–water partition coefficient (Wildman–Crippen LogP) is 2.29. The van der Waals surface area contributed by atoms with Crippen LogP contribution < -0.4 is 0 Å². The van der Waals surface area contributed by atoms with Crippen LogP contribution in [0.2, 0.25) is 0 Å². The van der Waals surface area contributed by atoms with Gasteiger partial charge in [-0.05, 0) is 25.2 Å². The zero-order valence-corrected chi connectivity index (χ0v) is 10.3. The van der Waals surface area contributed by atoms with Crippen molar-refractivity contribution in [3.05, 3.63) is 18.2 Å². The van der Waals surface area contributed by atoms with Gasteiger partial charge in [0.25, 0.3) is 0 Å². The van der Waals surface area contributed by atoms with E-state index in [4.69, 9.17) is 0 Å². The van der Waals surface area contributed by atoms with E-state index in [1.165, 1.54) is 6.42 Å². The quantitative estimate of drug-likeness (QED) is 0.780. The maximum atomic E-state index is 10.6.